The number of hydrogen-bond donors (Lipinski definition) is 1. The number of carbonyl (C=O) groups is 1. The van der Waals surface area contributed by atoms with Crippen LogP contribution in [0.2, 0.25) is 5.15 Å². The summed E-state index contributed by atoms with van der Waals surface area (Å²) in [5, 5.41) is 3.54. The zero-order valence-corrected chi connectivity index (χ0v) is 18.2. The van der Waals surface area contributed by atoms with Gasteiger partial charge in [0.25, 0.3) is 0 Å². The summed E-state index contributed by atoms with van der Waals surface area (Å²) in [4.78, 5) is 25.0. The van der Waals surface area contributed by atoms with Crippen LogP contribution >= 0.6 is 23.4 Å². The highest BCUT2D eigenvalue weighted by Gasteiger charge is 2.21. The van der Waals surface area contributed by atoms with E-state index in [1.165, 1.54) is 17.8 Å². The maximum Gasteiger partial charge on any atom is 0.230 e. The fourth-order valence-electron chi connectivity index (χ4n) is 3.28. The van der Waals surface area contributed by atoms with E-state index in [9.17, 15) is 9.18 Å². The van der Waals surface area contributed by atoms with Crippen LogP contribution in [-0.4, -0.2) is 47.8 Å². The zero-order chi connectivity index (χ0) is 21.6. The molecular formula is C21H21ClFN5O2S. The number of para-hydroxylation sites is 1. The Labute approximate surface area is 188 Å². The molecule has 3 heterocycles. The van der Waals surface area contributed by atoms with Gasteiger partial charge >= 0.3 is 0 Å². The van der Waals surface area contributed by atoms with Crippen molar-refractivity contribution in [2.24, 2.45) is 0 Å². The average molecular weight is 462 g/mol. The second-order valence-corrected chi connectivity index (χ2v) is 8.23. The molecule has 0 unspecified atom stereocenters. The molecule has 0 aliphatic carbocycles. The van der Waals surface area contributed by atoms with Crippen LogP contribution in [0.5, 0.6) is 0 Å². The highest BCUT2D eigenvalue weighted by molar-refractivity contribution is 7.99. The number of anilines is 2. The molecule has 0 atom stereocenters. The molecule has 1 fully saturated rings. The molecule has 1 N–H and O–H groups in total. The van der Waals surface area contributed by atoms with Crippen LogP contribution in [0.3, 0.4) is 0 Å². The predicted octanol–water partition coefficient (Wildman–Crippen LogP) is 3.60. The van der Waals surface area contributed by atoms with Crippen molar-refractivity contribution >= 4 is 40.8 Å². The maximum atomic E-state index is 14.1. The summed E-state index contributed by atoms with van der Waals surface area (Å²) in [6.07, 6.45) is 1.56. The molecule has 162 valence electrons. The minimum absolute atomic E-state index is 0.148. The lowest BCUT2D eigenvalue weighted by Gasteiger charge is -2.36. The van der Waals surface area contributed by atoms with Gasteiger partial charge in [0.05, 0.1) is 24.2 Å². The third-order valence-corrected chi connectivity index (χ3v) is 5.87. The summed E-state index contributed by atoms with van der Waals surface area (Å²) < 4.78 is 19.2. The van der Waals surface area contributed by atoms with E-state index in [0.717, 1.165) is 0 Å². The van der Waals surface area contributed by atoms with E-state index in [1.807, 2.05) is 11.0 Å². The van der Waals surface area contributed by atoms with Crippen molar-refractivity contribution in [1.82, 2.24) is 15.3 Å². The Bertz CT molecular complexity index is 1030. The Morgan fingerprint density at radius 1 is 1.13 bits per heavy atom. The molecule has 1 saturated heterocycles. The molecule has 3 aromatic rings. The smallest absolute Gasteiger partial charge is 0.230 e. The van der Waals surface area contributed by atoms with Crippen LogP contribution in [0.4, 0.5) is 15.9 Å². The van der Waals surface area contributed by atoms with Crippen molar-refractivity contribution in [2.45, 2.75) is 11.7 Å². The van der Waals surface area contributed by atoms with Crippen molar-refractivity contribution in [3.05, 3.63) is 65.5 Å². The van der Waals surface area contributed by atoms with Gasteiger partial charge in [-0.3, -0.25) is 4.79 Å². The van der Waals surface area contributed by atoms with Gasteiger partial charge in [-0.1, -0.05) is 35.5 Å². The van der Waals surface area contributed by atoms with Crippen LogP contribution < -0.4 is 15.1 Å². The monoisotopic (exact) mass is 461 g/mol. The van der Waals surface area contributed by atoms with Crippen molar-refractivity contribution < 1.29 is 13.6 Å². The van der Waals surface area contributed by atoms with Crippen LogP contribution in [0.25, 0.3) is 0 Å². The molecule has 0 spiro atoms. The van der Waals surface area contributed by atoms with E-state index in [1.54, 1.807) is 36.6 Å². The lowest BCUT2D eigenvalue weighted by atomic mass is 10.2. The molecule has 0 radical (unpaired) electrons. The number of nitrogens with zero attached hydrogens (tertiary/aromatic N) is 4. The van der Waals surface area contributed by atoms with E-state index in [-0.39, 0.29) is 17.5 Å². The molecule has 10 heteroatoms. The number of furan rings is 1. The third-order valence-electron chi connectivity index (χ3n) is 4.83. The topological polar surface area (TPSA) is 74.5 Å². The van der Waals surface area contributed by atoms with Gasteiger partial charge in [0.2, 0.25) is 5.91 Å². The first-order valence-corrected chi connectivity index (χ1v) is 11.2. The first-order valence-electron chi connectivity index (χ1n) is 9.79. The van der Waals surface area contributed by atoms with Gasteiger partial charge in [-0.05, 0) is 24.3 Å². The predicted molar refractivity (Wildman–Crippen MR) is 119 cm³/mol. The lowest BCUT2D eigenvalue weighted by molar-refractivity contribution is -0.118. The van der Waals surface area contributed by atoms with E-state index in [0.29, 0.717) is 60.3 Å². The van der Waals surface area contributed by atoms with Crippen molar-refractivity contribution in [3.8, 4) is 0 Å². The van der Waals surface area contributed by atoms with E-state index < -0.39 is 0 Å². The van der Waals surface area contributed by atoms with E-state index in [4.69, 9.17) is 16.0 Å². The molecule has 2 aromatic heterocycles. The number of nitrogens with one attached hydrogen (secondary N) is 1. The molecule has 0 bridgehead atoms. The number of thioether (sulfide) groups is 1. The number of halogens is 2. The van der Waals surface area contributed by atoms with Gasteiger partial charge in [0, 0.05) is 32.2 Å². The number of rotatable bonds is 7. The molecule has 31 heavy (non-hydrogen) atoms. The fourth-order valence-corrected chi connectivity index (χ4v) is 4.19. The Kier molecular flexibility index (Phi) is 6.93. The van der Waals surface area contributed by atoms with Crippen molar-refractivity contribution in [2.75, 3.05) is 41.7 Å². The standard InChI is InChI=1S/C21H21ClFN5O2S/c22-18-12-19(28-9-7-27(8-10-28)17-6-2-1-5-16(17)23)26-21(25-18)31-14-20(29)24-13-15-4-3-11-30-15/h1-6,11-12H,7-10,13-14H2,(H,24,29). The quantitative estimate of drug-likeness (QED) is 0.327. The zero-order valence-electron chi connectivity index (χ0n) is 16.6. The van der Waals surface area contributed by atoms with Crippen LogP contribution in [-0.2, 0) is 11.3 Å². The average Bonchev–Trinajstić information content (AvgIpc) is 3.30. The SMILES string of the molecule is O=C(CSc1nc(Cl)cc(N2CCN(c3ccccc3F)CC2)n1)NCc1ccco1. The molecule has 7 nitrogen and oxygen atoms in total. The van der Waals surface area contributed by atoms with Crippen molar-refractivity contribution in [3.63, 3.8) is 0 Å². The summed E-state index contributed by atoms with van der Waals surface area (Å²) in [7, 11) is 0. The number of piperazine rings is 1. The van der Waals surface area contributed by atoms with Crippen molar-refractivity contribution in [1.29, 1.82) is 0 Å². The Balaban J connectivity index is 1.32. The Morgan fingerprint density at radius 2 is 1.90 bits per heavy atom. The van der Waals surface area contributed by atoms with Crippen LogP contribution in [0.15, 0.2) is 58.3 Å². The Morgan fingerprint density at radius 3 is 2.65 bits per heavy atom. The Hall–Kier alpha value is -2.78. The summed E-state index contributed by atoms with van der Waals surface area (Å²) >= 11 is 7.42. The maximum absolute atomic E-state index is 14.1. The summed E-state index contributed by atoms with van der Waals surface area (Å²) in [6, 6.07) is 12.1. The minimum atomic E-state index is -0.218. The number of aromatic nitrogens is 2. The summed E-state index contributed by atoms with van der Waals surface area (Å²) in [5.74, 6) is 1.19. The first-order chi connectivity index (χ1) is 15.1. The molecule has 4 rings (SSSR count). The normalized spacial score (nSPS) is 14.0. The van der Waals surface area contributed by atoms with Crippen LogP contribution in [0.1, 0.15) is 5.76 Å². The molecule has 1 aromatic carbocycles. The van der Waals surface area contributed by atoms with Gasteiger partial charge in [-0.2, -0.15) is 0 Å². The summed E-state index contributed by atoms with van der Waals surface area (Å²) in [6.45, 7) is 3.02. The number of carbonyl (C=O) groups excluding carboxylic acids is 1. The van der Waals surface area contributed by atoms with E-state index >= 15 is 0 Å². The number of benzene rings is 1. The second kappa shape index (κ2) is 10.0. The van der Waals surface area contributed by atoms with Crippen LogP contribution in [0, 0.1) is 5.82 Å². The minimum Gasteiger partial charge on any atom is -0.467 e. The molecule has 0 saturated carbocycles. The first kappa shape index (κ1) is 21.5. The van der Waals surface area contributed by atoms with Gasteiger partial charge in [-0.25, -0.2) is 14.4 Å². The number of amides is 1. The molecule has 1 aliphatic rings. The van der Waals surface area contributed by atoms with Gasteiger partial charge < -0.3 is 19.5 Å². The number of hydrogen-bond acceptors (Lipinski definition) is 7. The van der Waals surface area contributed by atoms with Gasteiger partial charge in [-0.15, -0.1) is 0 Å². The lowest BCUT2D eigenvalue weighted by Crippen LogP contribution is -2.47. The largest absolute Gasteiger partial charge is 0.467 e. The fraction of sp³-hybridized carbons (Fsp3) is 0.286. The highest BCUT2D eigenvalue weighted by atomic mass is 35.5. The molecular weight excluding hydrogens is 441 g/mol. The highest BCUT2D eigenvalue weighted by Crippen LogP contribution is 2.25. The molecule has 1 aliphatic heterocycles. The van der Waals surface area contributed by atoms with Gasteiger partial charge in [0.15, 0.2) is 5.16 Å². The molecule has 1 amide bonds. The second-order valence-electron chi connectivity index (χ2n) is 6.90. The summed E-state index contributed by atoms with van der Waals surface area (Å²) in [5.41, 5.74) is 0.611. The third kappa shape index (κ3) is 5.68. The van der Waals surface area contributed by atoms with E-state index in [2.05, 4.69) is 20.2 Å². The van der Waals surface area contributed by atoms with Gasteiger partial charge in [0.1, 0.15) is 22.5 Å².